The SMILES string of the molecule is COc1cc(NC2=N[N+]3(c4ccccc4O)C=CN=CC3=N2)cc(OC)c1. The van der Waals surface area contributed by atoms with E-state index in [0.717, 1.165) is 0 Å². The first-order chi connectivity index (χ1) is 13.1. The lowest BCUT2D eigenvalue weighted by atomic mass is 10.2. The van der Waals surface area contributed by atoms with E-state index in [1.54, 1.807) is 57.1 Å². The molecule has 1 atom stereocenters. The number of hydrogen-bond donors (Lipinski definition) is 2. The van der Waals surface area contributed by atoms with E-state index < -0.39 is 0 Å². The van der Waals surface area contributed by atoms with Crippen LogP contribution in [0.2, 0.25) is 0 Å². The van der Waals surface area contributed by atoms with Crippen molar-refractivity contribution in [3.05, 3.63) is 54.9 Å². The number of rotatable bonds is 4. The fraction of sp³-hybridized carbons (Fsp3) is 0.105. The number of guanidine groups is 1. The summed E-state index contributed by atoms with van der Waals surface area (Å²) in [6.45, 7) is 0. The van der Waals surface area contributed by atoms with Crippen molar-refractivity contribution < 1.29 is 14.6 Å². The molecule has 2 aromatic carbocycles. The highest BCUT2D eigenvalue weighted by Gasteiger charge is 2.44. The van der Waals surface area contributed by atoms with Crippen molar-refractivity contribution in [1.82, 2.24) is 4.59 Å². The third-order valence-electron chi connectivity index (χ3n) is 4.24. The summed E-state index contributed by atoms with van der Waals surface area (Å²) in [6, 6.07) is 12.4. The summed E-state index contributed by atoms with van der Waals surface area (Å²) >= 11 is 0. The number of benzene rings is 2. The Morgan fingerprint density at radius 1 is 1.04 bits per heavy atom. The summed E-state index contributed by atoms with van der Waals surface area (Å²) in [4.78, 5) is 8.68. The zero-order chi connectivity index (χ0) is 18.9. The van der Waals surface area contributed by atoms with Crippen molar-refractivity contribution in [3.8, 4) is 17.2 Å². The Morgan fingerprint density at radius 2 is 1.78 bits per heavy atom. The van der Waals surface area contributed by atoms with E-state index in [2.05, 4.69) is 15.3 Å². The maximum Gasteiger partial charge on any atom is 0.287 e. The van der Waals surface area contributed by atoms with Crippen molar-refractivity contribution in [2.75, 3.05) is 19.5 Å². The van der Waals surface area contributed by atoms with Gasteiger partial charge in [0.25, 0.3) is 11.8 Å². The van der Waals surface area contributed by atoms with Gasteiger partial charge in [-0.1, -0.05) is 16.7 Å². The van der Waals surface area contributed by atoms with Crippen molar-refractivity contribution in [2.45, 2.75) is 0 Å². The monoisotopic (exact) mass is 364 g/mol. The van der Waals surface area contributed by atoms with E-state index in [9.17, 15) is 5.11 Å². The average Bonchev–Trinajstić information content (AvgIpc) is 3.06. The largest absolute Gasteiger partial charge is 0.503 e. The second kappa shape index (κ2) is 6.58. The number of hydrogen-bond acceptors (Lipinski definition) is 7. The predicted octanol–water partition coefficient (Wildman–Crippen LogP) is 3.07. The predicted molar refractivity (Wildman–Crippen MR) is 106 cm³/mol. The highest BCUT2D eigenvalue weighted by molar-refractivity contribution is 6.38. The first-order valence-electron chi connectivity index (χ1n) is 8.22. The lowest BCUT2D eigenvalue weighted by Crippen LogP contribution is -2.44. The van der Waals surface area contributed by atoms with E-state index in [4.69, 9.17) is 14.6 Å². The standard InChI is InChI=1S/C19H17N5O3/c1-26-14-9-13(10-15(11-14)27-2)21-19-22-18-12-20-7-8-24(18,23-19)16-5-3-4-6-17(16)25/h3-12H,1-2H3,(H-,21,23,25)/p+1. The van der Waals surface area contributed by atoms with Gasteiger partial charge in [0.05, 0.1) is 20.4 Å². The number of aliphatic imine (C=N–C) groups is 2. The topological polar surface area (TPSA) is 87.8 Å². The molecule has 0 fully saturated rings. The van der Waals surface area contributed by atoms with Gasteiger partial charge in [0.2, 0.25) is 5.69 Å². The highest BCUT2D eigenvalue weighted by Crippen LogP contribution is 2.37. The van der Waals surface area contributed by atoms with Gasteiger partial charge >= 0.3 is 0 Å². The van der Waals surface area contributed by atoms with Crippen LogP contribution in [0.1, 0.15) is 0 Å². The van der Waals surface area contributed by atoms with Crippen LogP contribution >= 0.6 is 0 Å². The number of amidine groups is 1. The fourth-order valence-electron chi connectivity index (χ4n) is 2.95. The van der Waals surface area contributed by atoms with Gasteiger partial charge < -0.3 is 19.9 Å². The minimum atomic E-state index is -0.0976. The van der Waals surface area contributed by atoms with Crippen molar-refractivity contribution in [3.63, 3.8) is 0 Å². The molecule has 0 radical (unpaired) electrons. The number of aromatic hydroxyl groups is 1. The minimum absolute atomic E-state index is 0.0976. The zero-order valence-corrected chi connectivity index (χ0v) is 14.8. The number of methoxy groups -OCH3 is 2. The van der Waals surface area contributed by atoms with Crippen LogP contribution < -0.4 is 19.4 Å². The number of nitrogens with zero attached hydrogens (tertiary/aromatic N) is 4. The molecule has 2 heterocycles. The van der Waals surface area contributed by atoms with Crippen LogP contribution in [-0.4, -0.2) is 37.3 Å². The Bertz CT molecular complexity index is 990. The molecular weight excluding hydrogens is 346 g/mol. The fourth-order valence-corrected chi connectivity index (χ4v) is 2.95. The maximum atomic E-state index is 10.3. The average molecular weight is 364 g/mol. The number of ether oxygens (including phenoxy) is 2. The van der Waals surface area contributed by atoms with E-state index >= 15 is 0 Å². The molecule has 8 nitrogen and oxygen atoms in total. The number of anilines is 1. The molecule has 27 heavy (non-hydrogen) atoms. The smallest absolute Gasteiger partial charge is 0.287 e. The van der Waals surface area contributed by atoms with Gasteiger partial charge in [0, 0.05) is 30.0 Å². The Labute approximate surface area is 156 Å². The molecule has 2 N–H and O–H groups in total. The Morgan fingerprint density at radius 3 is 2.48 bits per heavy atom. The second-order valence-electron chi connectivity index (χ2n) is 5.87. The lowest BCUT2D eigenvalue weighted by Gasteiger charge is -2.24. The molecule has 0 spiro atoms. The molecule has 0 saturated carbocycles. The van der Waals surface area contributed by atoms with Crippen LogP contribution in [0.3, 0.4) is 0 Å². The number of phenolic OH excluding ortho intramolecular Hbond substituents is 1. The number of fused-ring (bicyclic) bond motifs is 1. The van der Waals surface area contributed by atoms with Crippen LogP contribution in [0.25, 0.3) is 0 Å². The highest BCUT2D eigenvalue weighted by atomic mass is 16.5. The van der Waals surface area contributed by atoms with E-state index in [0.29, 0.717) is 34.7 Å². The first kappa shape index (κ1) is 16.8. The first-order valence-corrected chi connectivity index (χ1v) is 8.22. The molecule has 136 valence electrons. The molecule has 2 aliphatic rings. The Hall–Kier alpha value is -3.65. The molecule has 0 amide bonds. The summed E-state index contributed by atoms with van der Waals surface area (Å²) in [6.07, 6.45) is 5.01. The summed E-state index contributed by atoms with van der Waals surface area (Å²) in [5, 5.41) is 18.2. The number of nitrogens with one attached hydrogen (secondary N) is 1. The van der Waals surface area contributed by atoms with E-state index in [-0.39, 0.29) is 10.3 Å². The van der Waals surface area contributed by atoms with Gasteiger partial charge in [-0.25, -0.2) is 0 Å². The number of quaternary nitrogens is 1. The quantitative estimate of drug-likeness (QED) is 0.816. The van der Waals surface area contributed by atoms with Crippen LogP contribution in [0.5, 0.6) is 17.2 Å². The maximum absolute atomic E-state index is 10.3. The molecule has 0 aromatic heterocycles. The molecule has 8 heteroatoms. The van der Waals surface area contributed by atoms with Gasteiger partial charge in [-0.15, -0.1) is 0 Å². The Balaban J connectivity index is 1.75. The molecule has 4 rings (SSSR count). The third kappa shape index (κ3) is 2.91. The molecule has 0 aliphatic carbocycles. The number of phenols is 1. The summed E-state index contributed by atoms with van der Waals surface area (Å²) in [5.74, 6) is 2.36. The van der Waals surface area contributed by atoms with Crippen molar-refractivity contribution in [1.29, 1.82) is 0 Å². The van der Waals surface area contributed by atoms with Crippen LogP contribution in [0, 0.1) is 0 Å². The van der Waals surface area contributed by atoms with Gasteiger partial charge in [0.1, 0.15) is 17.7 Å². The summed E-state index contributed by atoms with van der Waals surface area (Å²) in [7, 11) is 3.18. The van der Waals surface area contributed by atoms with Crippen molar-refractivity contribution in [2.24, 2.45) is 15.1 Å². The van der Waals surface area contributed by atoms with Crippen LogP contribution in [0.4, 0.5) is 11.4 Å². The summed E-state index contributed by atoms with van der Waals surface area (Å²) < 4.78 is 10.5. The third-order valence-corrected chi connectivity index (χ3v) is 4.24. The van der Waals surface area contributed by atoms with Gasteiger partial charge in [0.15, 0.2) is 11.9 Å². The molecular formula is C19H18N5O3+. The van der Waals surface area contributed by atoms with Gasteiger partial charge in [-0.2, -0.15) is 4.99 Å². The van der Waals surface area contributed by atoms with Gasteiger partial charge in [-0.05, 0) is 11.2 Å². The van der Waals surface area contributed by atoms with E-state index in [1.165, 1.54) is 0 Å². The zero-order valence-electron chi connectivity index (χ0n) is 14.8. The molecule has 1 unspecified atom stereocenters. The molecule has 2 aromatic rings. The normalized spacial score (nSPS) is 19.9. The van der Waals surface area contributed by atoms with Crippen molar-refractivity contribution >= 4 is 29.4 Å². The lowest BCUT2D eigenvalue weighted by molar-refractivity contribution is 0.395. The van der Waals surface area contributed by atoms with Crippen LogP contribution in [0.15, 0.2) is 70.0 Å². The van der Waals surface area contributed by atoms with Gasteiger partial charge in [-0.3, -0.25) is 4.99 Å². The van der Waals surface area contributed by atoms with E-state index in [1.807, 2.05) is 18.2 Å². The molecule has 2 aliphatic heterocycles. The Kier molecular flexibility index (Phi) is 4.09. The molecule has 0 bridgehead atoms. The van der Waals surface area contributed by atoms with Crippen LogP contribution in [-0.2, 0) is 0 Å². The molecule has 0 saturated heterocycles. The summed E-state index contributed by atoms with van der Waals surface area (Å²) in [5.41, 5.74) is 1.30. The number of para-hydroxylation sites is 2. The minimum Gasteiger partial charge on any atom is -0.503 e. The second-order valence-corrected chi connectivity index (χ2v) is 5.87.